The molecule has 1 heteroatoms. The lowest BCUT2D eigenvalue weighted by atomic mass is 10.2. The van der Waals surface area contributed by atoms with Crippen molar-refractivity contribution in [2.24, 2.45) is 4.99 Å². The molecule has 62 valence electrons. The van der Waals surface area contributed by atoms with Crippen LogP contribution in [0.4, 0.5) is 0 Å². The molecule has 0 rings (SSSR count). The second-order valence-corrected chi connectivity index (χ2v) is 2.57. The van der Waals surface area contributed by atoms with E-state index in [4.69, 9.17) is 0 Å². The molecule has 0 bridgehead atoms. The normalized spacial score (nSPS) is 14.5. The zero-order valence-corrected chi connectivity index (χ0v) is 7.89. The molecule has 0 aromatic carbocycles. The number of hydrogen-bond donors (Lipinski definition) is 0. The molecule has 0 amide bonds. The Hall–Kier alpha value is -0.850. The summed E-state index contributed by atoms with van der Waals surface area (Å²) in [4.78, 5) is 4.19. The van der Waals surface area contributed by atoms with Crippen molar-refractivity contribution in [3.8, 4) is 0 Å². The molecule has 0 atom stereocenters. The van der Waals surface area contributed by atoms with Crippen LogP contribution in [-0.2, 0) is 0 Å². The van der Waals surface area contributed by atoms with Crippen LogP contribution in [0.2, 0.25) is 0 Å². The third-order valence-electron chi connectivity index (χ3n) is 1.61. The molecule has 0 unspecified atom stereocenters. The molecule has 0 aromatic rings. The fraction of sp³-hybridized carbons (Fsp3) is 0.500. The highest BCUT2D eigenvalue weighted by Gasteiger charge is 1.79. The van der Waals surface area contributed by atoms with Crippen LogP contribution < -0.4 is 0 Å². The van der Waals surface area contributed by atoms with Gasteiger partial charge in [0.15, 0.2) is 0 Å². The van der Waals surface area contributed by atoms with Crippen molar-refractivity contribution in [3.63, 3.8) is 0 Å². The summed E-state index contributed by atoms with van der Waals surface area (Å²) >= 11 is 0. The van der Waals surface area contributed by atoms with Crippen molar-refractivity contribution in [3.05, 3.63) is 23.4 Å². The summed E-state index contributed by atoms with van der Waals surface area (Å²) in [5.41, 5.74) is 2.42. The summed E-state index contributed by atoms with van der Waals surface area (Å²) in [7, 11) is 0. The van der Waals surface area contributed by atoms with E-state index in [1.165, 1.54) is 5.57 Å². The Balaban J connectivity index is 3.96. The fourth-order valence-electron chi connectivity index (χ4n) is 0.474. The molecule has 0 aliphatic carbocycles. The van der Waals surface area contributed by atoms with Gasteiger partial charge in [-0.25, -0.2) is 0 Å². The third-order valence-corrected chi connectivity index (χ3v) is 1.61. The van der Waals surface area contributed by atoms with Crippen LogP contribution in [0.25, 0.3) is 0 Å². The van der Waals surface area contributed by atoms with Crippen molar-refractivity contribution in [2.75, 3.05) is 0 Å². The molecule has 0 heterocycles. The first kappa shape index (κ1) is 10.2. The van der Waals surface area contributed by atoms with E-state index in [0.717, 1.165) is 12.1 Å². The van der Waals surface area contributed by atoms with Gasteiger partial charge in [0.25, 0.3) is 0 Å². The average Bonchev–Trinajstić information content (AvgIpc) is 2.04. The Morgan fingerprint density at radius 2 is 2.00 bits per heavy atom. The molecule has 11 heavy (non-hydrogen) atoms. The average molecular weight is 151 g/mol. The number of allylic oxidation sites excluding steroid dienone is 4. The summed E-state index contributed by atoms with van der Waals surface area (Å²) in [5, 5.41) is 0. The second kappa shape index (κ2) is 5.90. The number of hydrogen-bond acceptors (Lipinski definition) is 1. The SMILES string of the molecule is C\C=C(C)/N=C/C=C(\C)CC. The lowest BCUT2D eigenvalue weighted by Crippen LogP contribution is -1.74. The molecule has 0 saturated heterocycles. The maximum Gasteiger partial charge on any atom is 0.0330 e. The summed E-state index contributed by atoms with van der Waals surface area (Å²) in [6.45, 7) is 8.23. The molecule has 0 fully saturated rings. The quantitative estimate of drug-likeness (QED) is 0.548. The molecule has 0 radical (unpaired) electrons. The first-order chi connectivity index (χ1) is 5.20. The van der Waals surface area contributed by atoms with E-state index in [1.807, 2.05) is 32.2 Å². The highest BCUT2D eigenvalue weighted by Crippen LogP contribution is 1.96. The number of nitrogens with zero attached hydrogens (tertiary/aromatic N) is 1. The van der Waals surface area contributed by atoms with E-state index in [9.17, 15) is 0 Å². The van der Waals surface area contributed by atoms with Crippen LogP contribution in [0.3, 0.4) is 0 Å². The summed E-state index contributed by atoms with van der Waals surface area (Å²) < 4.78 is 0. The zero-order valence-electron chi connectivity index (χ0n) is 7.89. The van der Waals surface area contributed by atoms with Crippen LogP contribution >= 0.6 is 0 Å². The predicted octanol–water partition coefficient (Wildman–Crippen LogP) is 3.34. The van der Waals surface area contributed by atoms with E-state index in [-0.39, 0.29) is 0 Å². The van der Waals surface area contributed by atoms with E-state index in [1.54, 1.807) is 0 Å². The molecular formula is C10H17N. The molecule has 0 aromatic heterocycles. The van der Waals surface area contributed by atoms with E-state index in [2.05, 4.69) is 18.8 Å². The maximum absolute atomic E-state index is 4.19. The fourth-order valence-corrected chi connectivity index (χ4v) is 0.474. The van der Waals surface area contributed by atoms with Crippen LogP contribution in [-0.4, -0.2) is 6.21 Å². The second-order valence-electron chi connectivity index (χ2n) is 2.57. The largest absolute Gasteiger partial charge is 0.262 e. The minimum absolute atomic E-state index is 1.06. The van der Waals surface area contributed by atoms with Crippen molar-refractivity contribution in [1.29, 1.82) is 0 Å². The summed E-state index contributed by atoms with van der Waals surface area (Å²) in [6.07, 6.45) is 6.99. The monoisotopic (exact) mass is 151 g/mol. The lowest BCUT2D eigenvalue weighted by molar-refractivity contribution is 1.10. The molecule has 0 aliphatic rings. The van der Waals surface area contributed by atoms with Gasteiger partial charge in [0.2, 0.25) is 0 Å². The van der Waals surface area contributed by atoms with Crippen molar-refractivity contribution in [1.82, 2.24) is 0 Å². The Bertz CT molecular complexity index is 185. The Kier molecular flexibility index (Phi) is 5.44. The summed E-state index contributed by atoms with van der Waals surface area (Å²) in [5.74, 6) is 0. The third kappa shape index (κ3) is 5.59. The van der Waals surface area contributed by atoms with Crippen molar-refractivity contribution < 1.29 is 0 Å². The van der Waals surface area contributed by atoms with Crippen LogP contribution in [0.5, 0.6) is 0 Å². The van der Waals surface area contributed by atoms with Gasteiger partial charge in [-0.3, -0.25) is 4.99 Å². The van der Waals surface area contributed by atoms with E-state index in [0.29, 0.717) is 0 Å². The molecule has 0 aliphatic heterocycles. The molecular weight excluding hydrogens is 134 g/mol. The highest BCUT2D eigenvalue weighted by atomic mass is 14.7. The van der Waals surface area contributed by atoms with Gasteiger partial charge in [-0.2, -0.15) is 0 Å². The minimum Gasteiger partial charge on any atom is -0.262 e. The van der Waals surface area contributed by atoms with Crippen LogP contribution in [0.15, 0.2) is 28.4 Å². The lowest BCUT2D eigenvalue weighted by Gasteiger charge is -1.89. The maximum atomic E-state index is 4.19. The Morgan fingerprint density at radius 1 is 1.36 bits per heavy atom. The van der Waals surface area contributed by atoms with Gasteiger partial charge in [-0.1, -0.05) is 18.6 Å². The van der Waals surface area contributed by atoms with Crippen molar-refractivity contribution in [2.45, 2.75) is 34.1 Å². The molecule has 0 N–H and O–H groups in total. The van der Waals surface area contributed by atoms with Gasteiger partial charge in [-0.05, 0) is 33.3 Å². The highest BCUT2D eigenvalue weighted by molar-refractivity contribution is 5.72. The van der Waals surface area contributed by atoms with E-state index < -0.39 is 0 Å². The smallest absolute Gasteiger partial charge is 0.0330 e. The topological polar surface area (TPSA) is 12.4 Å². The molecule has 0 spiro atoms. The van der Waals surface area contributed by atoms with Gasteiger partial charge in [0, 0.05) is 11.9 Å². The van der Waals surface area contributed by atoms with Gasteiger partial charge >= 0.3 is 0 Å². The van der Waals surface area contributed by atoms with Gasteiger partial charge < -0.3 is 0 Å². The van der Waals surface area contributed by atoms with Gasteiger partial charge in [0.05, 0.1) is 0 Å². The van der Waals surface area contributed by atoms with Crippen LogP contribution in [0.1, 0.15) is 34.1 Å². The first-order valence-electron chi connectivity index (χ1n) is 4.03. The predicted molar refractivity (Wildman–Crippen MR) is 52.0 cm³/mol. The summed E-state index contributed by atoms with van der Waals surface area (Å²) in [6, 6.07) is 0. The Labute approximate surface area is 69.5 Å². The van der Waals surface area contributed by atoms with Crippen molar-refractivity contribution >= 4 is 6.21 Å². The minimum atomic E-state index is 1.06. The standard InChI is InChI=1S/C10H17N/c1-5-9(3)7-8-11-10(4)6-2/h6-8H,5H2,1-4H3/b9-7+,10-6-,11-8+. The number of aliphatic imine (C=N–C) groups is 1. The van der Waals surface area contributed by atoms with E-state index >= 15 is 0 Å². The zero-order chi connectivity index (χ0) is 8.69. The first-order valence-corrected chi connectivity index (χ1v) is 4.03. The van der Waals surface area contributed by atoms with Gasteiger partial charge in [0.1, 0.15) is 0 Å². The Morgan fingerprint density at radius 3 is 2.45 bits per heavy atom. The molecule has 1 nitrogen and oxygen atoms in total. The molecule has 0 saturated carbocycles. The van der Waals surface area contributed by atoms with Crippen LogP contribution in [0, 0.1) is 0 Å². The number of rotatable bonds is 3. The van der Waals surface area contributed by atoms with Gasteiger partial charge in [-0.15, -0.1) is 0 Å².